The molecule has 0 atom stereocenters. The third-order valence-corrected chi connectivity index (χ3v) is 3.61. The van der Waals surface area contributed by atoms with Crippen molar-refractivity contribution >= 4 is 11.6 Å². The van der Waals surface area contributed by atoms with Crippen LogP contribution in [0.4, 0.5) is 0 Å². The molecule has 98 valence electrons. The zero-order chi connectivity index (χ0) is 14.3. The summed E-state index contributed by atoms with van der Waals surface area (Å²) in [6, 6.07) is 9.65. The Labute approximate surface area is 117 Å². The lowest BCUT2D eigenvalue weighted by Gasteiger charge is -2.18. The van der Waals surface area contributed by atoms with Gasteiger partial charge in [0, 0.05) is 5.69 Å². The van der Waals surface area contributed by atoms with Crippen molar-refractivity contribution in [3.8, 4) is 11.1 Å². The number of rotatable bonds is 1. The van der Waals surface area contributed by atoms with Gasteiger partial charge in [-0.3, -0.25) is 9.59 Å². The molecule has 1 aliphatic rings. The van der Waals surface area contributed by atoms with Gasteiger partial charge in [-0.2, -0.15) is 0 Å². The lowest BCUT2D eigenvalue weighted by Crippen LogP contribution is -2.17. The minimum atomic E-state index is -0.208. The summed E-state index contributed by atoms with van der Waals surface area (Å²) >= 11 is 0. The average Bonchev–Trinajstić information content (AvgIpc) is 2.46. The molecule has 0 radical (unpaired) electrons. The summed E-state index contributed by atoms with van der Waals surface area (Å²) in [6.45, 7) is 3.79. The van der Waals surface area contributed by atoms with E-state index in [2.05, 4.69) is 4.98 Å². The first-order valence-electron chi connectivity index (χ1n) is 6.43. The van der Waals surface area contributed by atoms with Crippen molar-refractivity contribution in [2.45, 2.75) is 13.8 Å². The lowest BCUT2D eigenvalue weighted by molar-refractivity contribution is 0.0990. The fraction of sp³-hybridized carbons (Fsp3) is 0.118. The van der Waals surface area contributed by atoms with Gasteiger partial charge in [0.05, 0.1) is 5.56 Å². The maximum absolute atomic E-state index is 12.2. The Bertz CT molecular complexity index is 758. The van der Waals surface area contributed by atoms with Crippen LogP contribution in [0.2, 0.25) is 0 Å². The van der Waals surface area contributed by atoms with E-state index < -0.39 is 0 Å². The zero-order valence-electron chi connectivity index (χ0n) is 11.3. The maximum atomic E-state index is 12.2. The predicted octanol–water partition coefficient (Wildman–Crippen LogP) is 3.30. The summed E-state index contributed by atoms with van der Waals surface area (Å²) in [7, 11) is 0. The highest BCUT2D eigenvalue weighted by Gasteiger charge is 2.26. The fourth-order valence-corrected chi connectivity index (χ4v) is 2.49. The highest BCUT2D eigenvalue weighted by molar-refractivity contribution is 6.23. The molecule has 3 nitrogen and oxygen atoms in total. The second kappa shape index (κ2) is 4.53. The zero-order valence-corrected chi connectivity index (χ0v) is 11.3. The molecule has 0 saturated carbocycles. The Morgan fingerprint density at radius 3 is 2.20 bits per heavy atom. The van der Waals surface area contributed by atoms with E-state index in [9.17, 15) is 9.59 Å². The molecule has 1 aromatic carbocycles. The molecule has 1 aliphatic carbocycles. The van der Waals surface area contributed by atoms with Gasteiger partial charge in [0.2, 0.25) is 5.78 Å². The monoisotopic (exact) mass is 263 g/mol. The summed E-state index contributed by atoms with van der Waals surface area (Å²) in [5, 5.41) is 0. The van der Waals surface area contributed by atoms with Crippen LogP contribution in [0.3, 0.4) is 0 Å². The molecule has 3 heteroatoms. The number of carbonyl (C=O) groups is 2. The molecule has 1 heterocycles. The first-order valence-corrected chi connectivity index (χ1v) is 6.43. The van der Waals surface area contributed by atoms with Crippen LogP contribution in [-0.4, -0.2) is 16.6 Å². The van der Waals surface area contributed by atoms with Gasteiger partial charge >= 0.3 is 0 Å². The van der Waals surface area contributed by atoms with Gasteiger partial charge in [0.1, 0.15) is 5.69 Å². The standard InChI is InChI=1S/C17H13NO2/c1-10-11(2)18-17-14(20)9-8-13(19)16(17)15(10)12-6-4-3-5-7-12/h3-9H,1-2H3. The Morgan fingerprint density at radius 2 is 1.50 bits per heavy atom. The first kappa shape index (κ1) is 12.5. The van der Waals surface area contributed by atoms with E-state index in [-0.39, 0.29) is 17.3 Å². The molecule has 0 spiro atoms. The van der Waals surface area contributed by atoms with Gasteiger partial charge < -0.3 is 0 Å². The Balaban J connectivity index is 2.41. The van der Waals surface area contributed by atoms with E-state index in [4.69, 9.17) is 0 Å². The van der Waals surface area contributed by atoms with Crippen molar-refractivity contribution in [1.29, 1.82) is 0 Å². The number of nitrogens with zero attached hydrogens (tertiary/aromatic N) is 1. The number of aryl methyl sites for hydroxylation is 1. The molecule has 0 N–H and O–H groups in total. The van der Waals surface area contributed by atoms with Crippen LogP contribution >= 0.6 is 0 Å². The molecule has 0 bridgehead atoms. The average molecular weight is 263 g/mol. The second-order valence-electron chi connectivity index (χ2n) is 4.85. The van der Waals surface area contributed by atoms with E-state index in [1.807, 2.05) is 44.2 Å². The largest absolute Gasteiger partial charge is 0.289 e. The van der Waals surface area contributed by atoms with Crippen molar-refractivity contribution < 1.29 is 9.59 Å². The molecule has 0 aliphatic heterocycles. The van der Waals surface area contributed by atoms with Gasteiger partial charge in [-0.25, -0.2) is 4.98 Å². The van der Waals surface area contributed by atoms with Crippen molar-refractivity contribution in [3.63, 3.8) is 0 Å². The summed E-state index contributed by atoms with van der Waals surface area (Å²) < 4.78 is 0. The molecule has 3 rings (SSSR count). The summed E-state index contributed by atoms with van der Waals surface area (Å²) in [5.41, 5.74) is 4.15. The Kier molecular flexibility index (Phi) is 2.83. The van der Waals surface area contributed by atoms with Crippen LogP contribution in [0.15, 0.2) is 42.5 Å². The van der Waals surface area contributed by atoms with E-state index in [0.29, 0.717) is 5.56 Å². The number of fused-ring (bicyclic) bond motifs is 1. The molecule has 20 heavy (non-hydrogen) atoms. The quantitative estimate of drug-likeness (QED) is 0.793. The van der Waals surface area contributed by atoms with E-state index in [1.54, 1.807) is 0 Å². The lowest BCUT2D eigenvalue weighted by atomic mass is 9.87. The Morgan fingerprint density at radius 1 is 0.850 bits per heavy atom. The number of hydrogen-bond donors (Lipinski definition) is 0. The highest BCUT2D eigenvalue weighted by Crippen LogP contribution is 2.32. The topological polar surface area (TPSA) is 47.0 Å². The number of hydrogen-bond acceptors (Lipinski definition) is 3. The molecule has 0 unspecified atom stereocenters. The number of benzene rings is 1. The van der Waals surface area contributed by atoms with Crippen LogP contribution < -0.4 is 0 Å². The minimum Gasteiger partial charge on any atom is -0.289 e. The minimum absolute atomic E-state index is 0.158. The number of allylic oxidation sites excluding steroid dienone is 2. The molecular weight excluding hydrogens is 250 g/mol. The summed E-state index contributed by atoms with van der Waals surface area (Å²) in [5.74, 6) is -0.367. The van der Waals surface area contributed by atoms with Crippen molar-refractivity contribution in [3.05, 3.63) is 65.0 Å². The second-order valence-corrected chi connectivity index (χ2v) is 4.85. The molecular formula is C17H13NO2. The number of aromatic nitrogens is 1. The molecule has 0 amide bonds. The van der Waals surface area contributed by atoms with Crippen LogP contribution in [-0.2, 0) is 0 Å². The van der Waals surface area contributed by atoms with Crippen LogP contribution in [0, 0.1) is 13.8 Å². The van der Waals surface area contributed by atoms with E-state index in [1.165, 1.54) is 12.2 Å². The third kappa shape index (κ3) is 1.79. The normalized spacial score (nSPS) is 13.5. The highest BCUT2D eigenvalue weighted by atomic mass is 16.1. The number of ketones is 2. The predicted molar refractivity (Wildman–Crippen MR) is 76.9 cm³/mol. The maximum Gasteiger partial charge on any atom is 0.205 e. The number of carbonyl (C=O) groups excluding carboxylic acids is 2. The van der Waals surface area contributed by atoms with E-state index >= 15 is 0 Å². The SMILES string of the molecule is Cc1nc2c(c(-c3ccccc3)c1C)C(=O)C=CC2=O. The summed E-state index contributed by atoms with van der Waals surface area (Å²) in [4.78, 5) is 28.5. The van der Waals surface area contributed by atoms with Crippen LogP contribution in [0.1, 0.15) is 32.1 Å². The molecule has 2 aromatic rings. The van der Waals surface area contributed by atoms with Crippen molar-refractivity contribution in [1.82, 2.24) is 4.98 Å². The van der Waals surface area contributed by atoms with E-state index in [0.717, 1.165) is 22.4 Å². The van der Waals surface area contributed by atoms with Gasteiger partial charge in [-0.15, -0.1) is 0 Å². The fourth-order valence-electron chi connectivity index (χ4n) is 2.49. The van der Waals surface area contributed by atoms with Crippen molar-refractivity contribution in [2.75, 3.05) is 0 Å². The Hall–Kier alpha value is -2.55. The smallest absolute Gasteiger partial charge is 0.205 e. The first-order chi connectivity index (χ1) is 9.59. The van der Waals surface area contributed by atoms with Gasteiger partial charge in [-0.05, 0) is 42.7 Å². The van der Waals surface area contributed by atoms with Crippen LogP contribution in [0.25, 0.3) is 11.1 Å². The molecule has 0 fully saturated rings. The van der Waals surface area contributed by atoms with Crippen molar-refractivity contribution in [2.24, 2.45) is 0 Å². The van der Waals surface area contributed by atoms with Gasteiger partial charge in [0.25, 0.3) is 0 Å². The third-order valence-electron chi connectivity index (χ3n) is 3.61. The van der Waals surface area contributed by atoms with Crippen LogP contribution in [0.5, 0.6) is 0 Å². The number of pyridine rings is 1. The van der Waals surface area contributed by atoms with Gasteiger partial charge in [-0.1, -0.05) is 30.3 Å². The van der Waals surface area contributed by atoms with Gasteiger partial charge in [0.15, 0.2) is 5.78 Å². The summed E-state index contributed by atoms with van der Waals surface area (Å²) in [6.07, 6.45) is 2.62. The molecule has 1 aromatic heterocycles. The molecule has 0 saturated heterocycles.